The maximum Gasteiger partial charge on any atom is 0.158 e. The van der Waals surface area contributed by atoms with Crippen molar-refractivity contribution in [2.75, 3.05) is 0 Å². The predicted octanol–water partition coefficient (Wildman–Crippen LogP) is 2.45. The van der Waals surface area contributed by atoms with E-state index in [1.807, 2.05) is 43.0 Å². The number of aromatic nitrogens is 5. The van der Waals surface area contributed by atoms with Gasteiger partial charge < -0.3 is 4.57 Å². The first-order chi connectivity index (χ1) is 9.70. The van der Waals surface area contributed by atoms with Crippen LogP contribution in [0.4, 0.5) is 0 Å². The van der Waals surface area contributed by atoms with Crippen molar-refractivity contribution in [2.45, 2.75) is 25.8 Å². The first-order valence-electron chi connectivity index (χ1n) is 6.55. The van der Waals surface area contributed by atoms with Crippen molar-refractivity contribution in [3.8, 4) is 0 Å². The van der Waals surface area contributed by atoms with Gasteiger partial charge in [0.05, 0.1) is 11.6 Å². The Bertz CT molecular complexity index is 729. The van der Waals surface area contributed by atoms with Crippen LogP contribution in [0, 0.1) is 6.92 Å². The molecule has 0 saturated heterocycles. The van der Waals surface area contributed by atoms with E-state index in [1.165, 1.54) is 0 Å². The lowest BCUT2D eigenvalue weighted by molar-refractivity contribution is 0.645. The summed E-state index contributed by atoms with van der Waals surface area (Å²) in [7, 11) is 1.94. The van der Waals surface area contributed by atoms with E-state index in [9.17, 15) is 0 Å². The molecule has 0 unspecified atom stereocenters. The summed E-state index contributed by atoms with van der Waals surface area (Å²) in [5.74, 6) is 1.28. The quantitative estimate of drug-likeness (QED) is 0.693. The van der Waals surface area contributed by atoms with E-state index >= 15 is 0 Å². The van der Waals surface area contributed by atoms with Crippen LogP contribution in [-0.4, -0.2) is 24.3 Å². The van der Waals surface area contributed by atoms with Gasteiger partial charge in [0.2, 0.25) is 0 Å². The van der Waals surface area contributed by atoms with E-state index in [0.717, 1.165) is 41.3 Å². The Balaban J connectivity index is 1.97. The Kier molecular flexibility index (Phi) is 3.44. The Morgan fingerprint density at radius 1 is 1.30 bits per heavy atom. The monoisotopic (exact) mass is 289 g/mol. The van der Waals surface area contributed by atoms with Crippen LogP contribution in [0.15, 0.2) is 24.4 Å². The minimum absolute atomic E-state index is 0.399. The number of fused-ring (bicyclic) bond motifs is 1. The predicted molar refractivity (Wildman–Crippen MR) is 78.7 cm³/mol. The van der Waals surface area contributed by atoms with Gasteiger partial charge in [-0.1, -0.05) is 6.07 Å². The van der Waals surface area contributed by atoms with Crippen LogP contribution >= 0.6 is 11.6 Å². The van der Waals surface area contributed by atoms with Crippen molar-refractivity contribution in [2.24, 2.45) is 7.05 Å². The molecule has 0 fully saturated rings. The Morgan fingerprint density at radius 2 is 2.15 bits per heavy atom. The standard InChI is InChI=1S/C14H16ClN5/c1-10-13-14(19(2)18-10)20(12(9-15)17-13)8-6-11-5-3-4-7-16-11/h3-5,7H,6,8-9H2,1-2H3. The fourth-order valence-corrected chi connectivity index (χ4v) is 2.69. The minimum atomic E-state index is 0.399. The van der Waals surface area contributed by atoms with Crippen molar-refractivity contribution < 1.29 is 0 Å². The molecule has 0 bridgehead atoms. The van der Waals surface area contributed by atoms with Crippen molar-refractivity contribution in [1.29, 1.82) is 0 Å². The normalized spacial score (nSPS) is 11.3. The van der Waals surface area contributed by atoms with Crippen LogP contribution in [0.3, 0.4) is 0 Å². The smallest absolute Gasteiger partial charge is 0.158 e. The van der Waals surface area contributed by atoms with Gasteiger partial charge >= 0.3 is 0 Å². The topological polar surface area (TPSA) is 48.5 Å². The van der Waals surface area contributed by atoms with E-state index in [0.29, 0.717) is 5.88 Å². The molecule has 5 nitrogen and oxygen atoms in total. The summed E-state index contributed by atoms with van der Waals surface area (Å²) < 4.78 is 4.00. The maximum atomic E-state index is 6.02. The lowest BCUT2D eigenvalue weighted by atomic mass is 10.2. The molecule has 6 heteroatoms. The lowest BCUT2D eigenvalue weighted by Crippen LogP contribution is -2.09. The average Bonchev–Trinajstić information content (AvgIpc) is 2.96. The summed E-state index contributed by atoms with van der Waals surface area (Å²) in [5.41, 5.74) is 3.96. The van der Waals surface area contributed by atoms with E-state index < -0.39 is 0 Å². The zero-order valence-corrected chi connectivity index (χ0v) is 12.3. The number of nitrogens with zero attached hydrogens (tertiary/aromatic N) is 5. The van der Waals surface area contributed by atoms with Crippen LogP contribution < -0.4 is 0 Å². The van der Waals surface area contributed by atoms with Crippen LogP contribution in [0.25, 0.3) is 11.2 Å². The number of rotatable bonds is 4. The Hall–Kier alpha value is -1.88. The van der Waals surface area contributed by atoms with Gasteiger partial charge in [-0.05, 0) is 19.1 Å². The molecule has 0 aromatic carbocycles. The molecular weight excluding hydrogens is 274 g/mol. The van der Waals surface area contributed by atoms with Crippen LogP contribution in [0.1, 0.15) is 17.2 Å². The van der Waals surface area contributed by atoms with Crippen molar-refractivity contribution >= 4 is 22.8 Å². The maximum absolute atomic E-state index is 6.02. The number of hydrogen-bond acceptors (Lipinski definition) is 3. The molecular formula is C14H16ClN5. The van der Waals surface area contributed by atoms with Gasteiger partial charge in [0.15, 0.2) is 5.65 Å². The van der Waals surface area contributed by atoms with Gasteiger partial charge in [-0.15, -0.1) is 11.6 Å². The van der Waals surface area contributed by atoms with Gasteiger partial charge in [0.1, 0.15) is 11.3 Å². The van der Waals surface area contributed by atoms with E-state index in [1.54, 1.807) is 0 Å². The zero-order valence-electron chi connectivity index (χ0n) is 11.5. The molecule has 20 heavy (non-hydrogen) atoms. The van der Waals surface area contributed by atoms with Gasteiger partial charge in [0, 0.05) is 31.9 Å². The molecule has 0 amide bonds. The summed E-state index contributed by atoms with van der Waals surface area (Å²) in [5, 5.41) is 4.42. The third-order valence-electron chi connectivity index (χ3n) is 3.41. The van der Waals surface area contributed by atoms with Crippen LogP contribution in [0.2, 0.25) is 0 Å². The Morgan fingerprint density at radius 3 is 2.85 bits per heavy atom. The van der Waals surface area contributed by atoms with Gasteiger partial charge in [0.25, 0.3) is 0 Å². The summed E-state index contributed by atoms with van der Waals surface area (Å²) in [6.45, 7) is 2.77. The number of aryl methyl sites for hydroxylation is 4. The second-order valence-electron chi connectivity index (χ2n) is 4.77. The highest BCUT2D eigenvalue weighted by atomic mass is 35.5. The molecule has 0 radical (unpaired) electrons. The summed E-state index contributed by atoms with van der Waals surface area (Å²) in [6, 6.07) is 5.96. The van der Waals surface area contributed by atoms with Gasteiger partial charge in [-0.3, -0.25) is 9.67 Å². The molecule has 0 atom stereocenters. The molecule has 0 aliphatic carbocycles. The average molecular weight is 290 g/mol. The van der Waals surface area contributed by atoms with Crippen LogP contribution in [0.5, 0.6) is 0 Å². The fraction of sp³-hybridized carbons (Fsp3) is 0.357. The van der Waals surface area contributed by atoms with E-state index in [2.05, 4.69) is 19.6 Å². The van der Waals surface area contributed by atoms with Crippen molar-refractivity contribution in [3.05, 3.63) is 41.6 Å². The highest BCUT2D eigenvalue weighted by Gasteiger charge is 2.16. The highest BCUT2D eigenvalue weighted by molar-refractivity contribution is 6.16. The van der Waals surface area contributed by atoms with Gasteiger partial charge in [-0.2, -0.15) is 5.10 Å². The molecule has 0 aliphatic heterocycles. The highest BCUT2D eigenvalue weighted by Crippen LogP contribution is 2.20. The number of hydrogen-bond donors (Lipinski definition) is 0. The molecule has 3 aromatic heterocycles. The molecule has 104 valence electrons. The van der Waals surface area contributed by atoms with Crippen molar-refractivity contribution in [1.82, 2.24) is 24.3 Å². The lowest BCUT2D eigenvalue weighted by Gasteiger charge is -2.07. The number of halogens is 1. The number of pyridine rings is 1. The SMILES string of the molecule is Cc1nn(C)c2c1nc(CCl)n2CCc1ccccn1. The number of alkyl halides is 1. The third kappa shape index (κ3) is 2.18. The molecule has 3 rings (SSSR count). The van der Waals surface area contributed by atoms with Crippen molar-refractivity contribution in [3.63, 3.8) is 0 Å². The summed E-state index contributed by atoms with van der Waals surface area (Å²) >= 11 is 6.02. The molecule has 0 spiro atoms. The molecule has 0 saturated carbocycles. The van der Waals surface area contributed by atoms with E-state index in [-0.39, 0.29) is 0 Å². The third-order valence-corrected chi connectivity index (χ3v) is 3.65. The zero-order chi connectivity index (χ0) is 14.1. The first-order valence-corrected chi connectivity index (χ1v) is 7.08. The second-order valence-corrected chi connectivity index (χ2v) is 5.03. The Labute approximate surface area is 122 Å². The number of imidazole rings is 1. The second kappa shape index (κ2) is 5.25. The van der Waals surface area contributed by atoms with Crippen LogP contribution in [-0.2, 0) is 25.9 Å². The summed E-state index contributed by atoms with van der Waals surface area (Å²) in [6.07, 6.45) is 2.66. The molecule has 0 N–H and O–H groups in total. The first kappa shape index (κ1) is 13.1. The van der Waals surface area contributed by atoms with Gasteiger partial charge in [-0.25, -0.2) is 4.98 Å². The molecule has 0 aliphatic rings. The molecule has 3 aromatic rings. The minimum Gasteiger partial charge on any atom is -0.311 e. The largest absolute Gasteiger partial charge is 0.311 e. The fourth-order valence-electron chi connectivity index (χ4n) is 2.49. The summed E-state index contributed by atoms with van der Waals surface area (Å²) in [4.78, 5) is 8.94. The van der Waals surface area contributed by atoms with E-state index in [4.69, 9.17) is 11.6 Å². The molecule has 3 heterocycles.